The molecule has 2 aromatic rings. The number of nitrogens with zero attached hydrogens (tertiary/aromatic N) is 1. The molecule has 1 unspecified atom stereocenters. The highest BCUT2D eigenvalue weighted by molar-refractivity contribution is 9.10. The number of hydrogen-bond acceptors (Lipinski definition) is 3. The topological polar surface area (TPSA) is 47.0 Å². The van der Waals surface area contributed by atoms with Crippen molar-refractivity contribution in [3.63, 3.8) is 0 Å². The molecule has 1 aromatic carbocycles. The lowest BCUT2D eigenvalue weighted by Crippen LogP contribution is -2.18. The van der Waals surface area contributed by atoms with Crippen molar-refractivity contribution < 1.29 is 9.59 Å². The molecule has 3 rings (SSSR count). The van der Waals surface area contributed by atoms with Gasteiger partial charge in [0.05, 0.1) is 0 Å². The number of allylic oxidation sites excluding steroid dienone is 2. The van der Waals surface area contributed by atoms with Gasteiger partial charge in [-0.25, -0.2) is 0 Å². The van der Waals surface area contributed by atoms with Crippen molar-refractivity contribution in [2.24, 2.45) is 0 Å². The minimum absolute atomic E-state index is 0.0974. The van der Waals surface area contributed by atoms with Gasteiger partial charge in [-0.1, -0.05) is 17.7 Å². The van der Waals surface area contributed by atoms with Crippen molar-refractivity contribution in [3.05, 3.63) is 74.5 Å². The summed E-state index contributed by atoms with van der Waals surface area (Å²) in [4.78, 5) is 29.6. The third kappa shape index (κ3) is 3.11. The van der Waals surface area contributed by atoms with Crippen molar-refractivity contribution >= 4 is 27.5 Å². The number of hydrogen-bond donors (Lipinski definition) is 0. The van der Waals surface area contributed by atoms with Crippen LogP contribution in [0.3, 0.4) is 0 Å². The Bertz CT molecular complexity index is 843. The molecule has 0 radical (unpaired) electrons. The Balaban J connectivity index is 1.91. The van der Waals surface area contributed by atoms with Gasteiger partial charge in [0.2, 0.25) is 0 Å². The fourth-order valence-corrected chi connectivity index (χ4v) is 3.64. The Kier molecular flexibility index (Phi) is 4.50. The largest absolute Gasteiger partial charge is 0.294 e. The first-order chi connectivity index (χ1) is 11.4. The van der Waals surface area contributed by atoms with Crippen molar-refractivity contribution in [2.45, 2.75) is 33.1 Å². The smallest absolute Gasteiger partial charge is 0.174 e. The normalized spacial score (nSPS) is 17.3. The summed E-state index contributed by atoms with van der Waals surface area (Å²) in [5, 5.41) is 0. The Morgan fingerprint density at radius 2 is 1.75 bits per heavy atom. The summed E-state index contributed by atoms with van der Waals surface area (Å²) in [7, 11) is 0. The van der Waals surface area contributed by atoms with E-state index in [1.165, 1.54) is 6.08 Å². The molecule has 0 spiro atoms. The van der Waals surface area contributed by atoms with E-state index in [9.17, 15) is 9.59 Å². The summed E-state index contributed by atoms with van der Waals surface area (Å²) in [5.74, 6) is -0.919. The monoisotopic (exact) mass is 383 g/mol. The zero-order valence-corrected chi connectivity index (χ0v) is 15.5. The van der Waals surface area contributed by atoms with Crippen LogP contribution in [-0.2, 0) is 16.0 Å². The molecule has 1 aliphatic carbocycles. The van der Waals surface area contributed by atoms with E-state index in [0.717, 1.165) is 32.4 Å². The minimum Gasteiger partial charge on any atom is -0.294 e. The average molecular weight is 384 g/mol. The van der Waals surface area contributed by atoms with Crippen LogP contribution in [-0.4, -0.2) is 16.6 Å². The zero-order valence-electron chi connectivity index (χ0n) is 13.9. The maximum atomic E-state index is 12.9. The fourth-order valence-electron chi connectivity index (χ4n) is 3.40. The summed E-state index contributed by atoms with van der Waals surface area (Å²) < 4.78 is 0.887. The molecule has 0 amide bonds. The summed E-state index contributed by atoms with van der Waals surface area (Å²) in [6.45, 7) is 5.94. The number of aromatic nitrogens is 1. The van der Waals surface area contributed by atoms with E-state index in [1.54, 1.807) is 6.20 Å². The number of benzene rings is 1. The van der Waals surface area contributed by atoms with E-state index >= 15 is 0 Å². The van der Waals surface area contributed by atoms with E-state index in [2.05, 4.69) is 20.9 Å². The minimum atomic E-state index is -0.698. The summed E-state index contributed by atoms with van der Waals surface area (Å²) in [6, 6.07) is 7.79. The van der Waals surface area contributed by atoms with Gasteiger partial charge in [0.15, 0.2) is 11.6 Å². The van der Waals surface area contributed by atoms with Crippen LogP contribution in [0.4, 0.5) is 0 Å². The van der Waals surface area contributed by atoms with Gasteiger partial charge in [-0.05, 0) is 71.6 Å². The van der Waals surface area contributed by atoms with E-state index in [1.807, 2.05) is 45.0 Å². The Hall–Kier alpha value is -2.07. The molecule has 122 valence electrons. The first kappa shape index (κ1) is 16.8. The highest BCUT2D eigenvalue weighted by Crippen LogP contribution is 2.34. The van der Waals surface area contributed by atoms with E-state index < -0.39 is 5.92 Å². The van der Waals surface area contributed by atoms with Crippen LogP contribution in [0.1, 0.15) is 33.9 Å². The number of aryl methyl sites for hydroxylation is 3. The second-order valence-electron chi connectivity index (χ2n) is 6.33. The van der Waals surface area contributed by atoms with Crippen LogP contribution < -0.4 is 0 Å². The van der Waals surface area contributed by atoms with Crippen LogP contribution in [0.15, 0.2) is 46.6 Å². The molecule has 0 saturated carbocycles. The number of Topliss-reactive ketones (excluding diaryl/α,β-unsaturated/α-hetero) is 1. The molecular formula is C20H18BrNO2. The number of rotatable bonds is 3. The molecule has 0 bridgehead atoms. The molecule has 0 saturated heterocycles. The van der Waals surface area contributed by atoms with Crippen molar-refractivity contribution in [3.8, 4) is 0 Å². The zero-order chi connectivity index (χ0) is 17.4. The number of halogens is 1. The maximum absolute atomic E-state index is 12.9. The predicted octanol–water partition coefficient (Wildman–Crippen LogP) is 4.17. The first-order valence-electron chi connectivity index (χ1n) is 7.83. The number of pyridine rings is 1. The lowest BCUT2D eigenvalue weighted by atomic mass is 9.85. The van der Waals surface area contributed by atoms with Gasteiger partial charge < -0.3 is 0 Å². The van der Waals surface area contributed by atoms with Crippen LogP contribution in [0.2, 0.25) is 0 Å². The quantitative estimate of drug-likeness (QED) is 0.747. The molecule has 1 atom stereocenters. The van der Waals surface area contributed by atoms with Gasteiger partial charge in [-0.15, -0.1) is 0 Å². The molecule has 0 aliphatic heterocycles. The molecule has 4 heteroatoms. The number of carbonyl (C=O) groups excluding carboxylic acids is 2. The van der Waals surface area contributed by atoms with Gasteiger partial charge in [0.1, 0.15) is 5.92 Å². The summed E-state index contributed by atoms with van der Waals surface area (Å²) in [5.41, 5.74) is 5.30. The molecule has 3 nitrogen and oxygen atoms in total. The molecule has 24 heavy (non-hydrogen) atoms. The molecular weight excluding hydrogens is 366 g/mol. The van der Waals surface area contributed by atoms with Gasteiger partial charge in [0, 0.05) is 28.4 Å². The molecule has 1 heterocycles. The Labute approximate surface area is 149 Å². The summed E-state index contributed by atoms with van der Waals surface area (Å²) >= 11 is 3.34. The Morgan fingerprint density at radius 3 is 2.33 bits per heavy atom. The number of carbonyl (C=O) groups is 2. The highest BCUT2D eigenvalue weighted by atomic mass is 79.9. The second kappa shape index (κ2) is 6.44. The van der Waals surface area contributed by atoms with Gasteiger partial charge in [-0.3, -0.25) is 14.6 Å². The molecule has 1 aliphatic rings. The Morgan fingerprint density at radius 1 is 1.08 bits per heavy atom. The third-order valence-electron chi connectivity index (χ3n) is 4.37. The van der Waals surface area contributed by atoms with Crippen LogP contribution in [0, 0.1) is 20.8 Å². The van der Waals surface area contributed by atoms with Crippen molar-refractivity contribution in [2.75, 3.05) is 0 Å². The SMILES string of the molecule is Cc1cc(C)c(C2C(=O)C=C(Cc3ccc(Br)cn3)C2=O)c(C)c1. The average Bonchev–Trinajstić information content (AvgIpc) is 2.76. The number of ketones is 2. The van der Waals surface area contributed by atoms with Crippen molar-refractivity contribution in [1.82, 2.24) is 4.98 Å². The second-order valence-corrected chi connectivity index (χ2v) is 7.24. The third-order valence-corrected chi connectivity index (χ3v) is 4.84. The van der Waals surface area contributed by atoms with Crippen LogP contribution in [0.5, 0.6) is 0 Å². The lowest BCUT2D eigenvalue weighted by Gasteiger charge is -2.16. The van der Waals surface area contributed by atoms with Crippen LogP contribution >= 0.6 is 15.9 Å². The van der Waals surface area contributed by atoms with Gasteiger partial charge in [-0.2, -0.15) is 0 Å². The standard InChI is InChI=1S/C20H18BrNO2/c1-11-6-12(2)18(13(3)7-11)19-17(23)9-14(20(19)24)8-16-5-4-15(21)10-22-16/h4-7,9-10,19H,8H2,1-3H3. The van der Waals surface area contributed by atoms with E-state index in [0.29, 0.717) is 12.0 Å². The van der Waals surface area contributed by atoms with E-state index in [4.69, 9.17) is 0 Å². The fraction of sp³-hybridized carbons (Fsp3) is 0.250. The predicted molar refractivity (Wildman–Crippen MR) is 97.1 cm³/mol. The molecule has 0 N–H and O–H groups in total. The van der Waals surface area contributed by atoms with Crippen molar-refractivity contribution in [1.29, 1.82) is 0 Å². The van der Waals surface area contributed by atoms with Crippen LogP contribution in [0.25, 0.3) is 0 Å². The first-order valence-corrected chi connectivity index (χ1v) is 8.63. The van der Waals surface area contributed by atoms with E-state index in [-0.39, 0.29) is 11.6 Å². The molecule has 1 aromatic heterocycles. The summed E-state index contributed by atoms with van der Waals surface area (Å²) in [6.07, 6.45) is 3.58. The lowest BCUT2D eigenvalue weighted by molar-refractivity contribution is -0.122. The molecule has 0 fully saturated rings. The van der Waals surface area contributed by atoms with Gasteiger partial charge >= 0.3 is 0 Å². The highest BCUT2D eigenvalue weighted by Gasteiger charge is 2.37. The maximum Gasteiger partial charge on any atom is 0.174 e. The van der Waals surface area contributed by atoms with Gasteiger partial charge in [0.25, 0.3) is 0 Å².